The first kappa shape index (κ1) is 19.4. The molecule has 0 spiro atoms. The summed E-state index contributed by atoms with van der Waals surface area (Å²) in [6.07, 6.45) is 5.12. The summed E-state index contributed by atoms with van der Waals surface area (Å²) in [5.41, 5.74) is 3.06. The average Bonchev–Trinajstić information content (AvgIpc) is 2.72. The Bertz CT molecular complexity index is 828. The van der Waals surface area contributed by atoms with E-state index in [0.29, 0.717) is 0 Å². The standard InChI is InChI=1S/C23H28ClN3O/c24-19-8-5-18(6-9-19)21(11-12-23(28)13-15-25-16-14-23)27-22-10-7-17-3-1-2-4-20(17)26-22/h1-6,8-9,21,25,28H,7,10-16H2,(H,26,27). The van der Waals surface area contributed by atoms with E-state index in [1.54, 1.807) is 0 Å². The lowest BCUT2D eigenvalue weighted by molar-refractivity contribution is -0.000615. The van der Waals surface area contributed by atoms with E-state index in [1.165, 1.54) is 5.56 Å². The highest BCUT2D eigenvalue weighted by Gasteiger charge is 2.30. The molecule has 2 aliphatic heterocycles. The van der Waals surface area contributed by atoms with Gasteiger partial charge in [0.15, 0.2) is 0 Å². The summed E-state index contributed by atoms with van der Waals surface area (Å²) in [6, 6.07) is 16.4. The zero-order valence-corrected chi connectivity index (χ0v) is 16.9. The van der Waals surface area contributed by atoms with Crippen LogP contribution in [0.25, 0.3) is 0 Å². The van der Waals surface area contributed by atoms with Gasteiger partial charge in [0, 0.05) is 17.1 Å². The van der Waals surface area contributed by atoms with Crippen LogP contribution in [0.3, 0.4) is 0 Å². The van der Waals surface area contributed by atoms with Crippen LogP contribution in [-0.2, 0) is 6.42 Å². The number of hydrogen-bond acceptors (Lipinski definition) is 3. The van der Waals surface area contributed by atoms with Crippen LogP contribution in [0.2, 0.25) is 5.02 Å². The lowest BCUT2D eigenvalue weighted by atomic mass is 9.85. The Labute approximate surface area is 172 Å². The Morgan fingerprint density at radius 1 is 1.04 bits per heavy atom. The van der Waals surface area contributed by atoms with E-state index in [-0.39, 0.29) is 6.04 Å². The molecule has 3 N–H and O–H groups in total. The summed E-state index contributed by atoms with van der Waals surface area (Å²) >= 11 is 6.09. The number of anilines is 1. The van der Waals surface area contributed by atoms with Crippen molar-refractivity contribution in [2.75, 3.05) is 18.4 Å². The Hall–Kier alpha value is -1.88. The second-order valence-electron chi connectivity index (χ2n) is 7.94. The second kappa shape index (κ2) is 8.64. The Balaban J connectivity index is 1.54. The van der Waals surface area contributed by atoms with Crippen LogP contribution in [-0.4, -0.2) is 29.6 Å². The first-order chi connectivity index (χ1) is 13.6. The summed E-state index contributed by atoms with van der Waals surface area (Å²) in [5.74, 6) is 1.02. The van der Waals surface area contributed by atoms with Gasteiger partial charge >= 0.3 is 0 Å². The third-order valence-electron chi connectivity index (χ3n) is 5.91. The molecule has 0 aliphatic carbocycles. The van der Waals surface area contributed by atoms with Gasteiger partial charge in [-0.05, 0) is 74.5 Å². The van der Waals surface area contributed by atoms with E-state index < -0.39 is 5.60 Å². The topological polar surface area (TPSA) is 56.7 Å². The smallest absolute Gasteiger partial charge is 0.102 e. The van der Waals surface area contributed by atoms with Crippen molar-refractivity contribution in [2.24, 2.45) is 4.99 Å². The van der Waals surface area contributed by atoms with Crippen molar-refractivity contribution in [2.45, 2.75) is 50.2 Å². The van der Waals surface area contributed by atoms with Gasteiger partial charge in [-0.2, -0.15) is 0 Å². The molecule has 1 atom stereocenters. The van der Waals surface area contributed by atoms with Gasteiger partial charge in [-0.3, -0.25) is 4.99 Å². The molecular weight excluding hydrogens is 370 g/mol. The number of para-hydroxylation sites is 1. The molecule has 2 aromatic rings. The number of nitrogens with zero attached hydrogens (tertiary/aromatic N) is 1. The SMILES string of the molecule is OC1(CCC(N=C2CCc3ccccc3N2)c2ccc(Cl)cc2)CCNCC1. The molecule has 148 valence electrons. The fraction of sp³-hybridized carbons (Fsp3) is 0.435. The molecule has 2 heterocycles. The Morgan fingerprint density at radius 2 is 1.79 bits per heavy atom. The number of benzene rings is 2. The molecule has 0 bridgehead atoms. The van der Waals surface area contributed by atoms with Crippen LogP contribution in [0.1, 0.15) is 49.3 Å². The first-order valence-corrected chi connectivity index (χ1v) is 10.6. The maximum atomic E-state index is 10.9. The van der Waals surface area contributed by atoms with Crippen LogP contribution in [0, 0.1) is 0 Å². The molecule has 1 unspecified atom stereocenters. The van der Waals surface area contributed by atoms with Crippen LogP contribution < -0.4 is 10.6 Å². The van der Waals surface area contributed by atoms with Gasteiger partial charge in [-0.25, -0.2) is 0 Å². The van der Waals surface area contributed by atoms with Crippen LogP contribution in [0.5, 0.6) is 0 Å². The van der Waals surface area contributed by atoms with Crippen molar-refractivity contribution in [3.8, 4) is 0 Å². The lowest BCUT2D eigenvalue weighted by Gasteiger charge is -2.33. The van der Waals surface area contributed by atoms with E-state index in [1.807, 2.05) is 12.1 Å². The number of amidine groups is 1. The second-order valence-corrected chi connectivity index (χ2v) is 8.37. The average molecular weight is 398 g/mol. The molecule has 28 heavy (non-hydrogen) atoms. The zero-order valence-electron chi connectivity index (χ0n) is 16.1. The fourth-order valence-corrected chi connectivity index (χ4v) is 4.28. The van der Waals surface area contributed by atoms with Gasteiger partial charge < -0.3 is 15.7 Å². The van der Waals surface area contributed by atoms with E-state index in [9.17, 15) is 5.11 Å². The van der Waals surface area contributed by atoms with Crippen molar-refractivity contribution in [3.63, 3.8) is 0 Å². The van der Waals surface area contributed by atoms with Gasteiger partial charge in [0.1, 0.15) is 5.84 Å². The van der Waals surface area contributed by atoms with E-state index in [0.717, 1.165) is 73.7 Å². The number of rotatable bonds is 5. The monoisotopic (exact) mass is 397 g/mol. The summed E-state index contributed by atoms with van der Waals surface area (Å²) in [5, 5.41) is 18.5. The quantitative estimate of drug-likeness (QED) is 0.683. The number of hydrogen-bond donors (Lipinski definition) is 3. The minimum atomic E-state index is -0.581. The summed E-state index contributed by atoms with van der Waals surface area (Å²) in [7, 11) is 0. The highest BCUT2D eigenvalue weighted by molar-refractivity contribution is 6.30. The van der Waals surface area contributed by atoms with Gasteiger partial charge in [0.25, 0.3) is 0 Å². The molecule has 5 heteroatoms. The molecular formula is C23H28ClN3O. The molecule has 0 radical (unpaired) electrons. The molecule has 2 aliphatic rings. The number of aryl methyl sites for hydroxylation is 1. The van der Waals surface area contributed by atoms with Gasteiger partial charge in [0.05, 0.1) is 11.6 Å². The maximum absolute atomic E-state index is 10.9. The van der Waals surface area contributed by atoms with Gasteiger partial charge in [-0.15, -0.1) is 0 Å². The molecule has 1 fully saturated rings. The normalized spacial score (nSPS) is 21.0. The van der Waals surface area contributed by atoms with Crippen molar-refractivity contribution < 1.29 is 5.11 Å². The summed E-state index contributed by atoms with van der Waals surface area (Å²) in [4.78, 5) is 5.09. The molecule has 4 rings (SSSR count). The van der Waals surface area contributed by atoms with Crippen LogP contribution in [0.15, 0.2) is 53.5 Å². The van der Waals surface area contributed by atoms with Crippen molar-refractivity contribution >= 4 is 23.1 Å². The fourth-order valence-electron chi connectivity index (χ4n) is 4.15. The van der Waals surface area contributed by atoms with Gasteiger partial charge in [-0.1, -0.05) is 41.9 Å². The van der Waals surface area contributed by atoms with E-state index in [4.69, 9.17) is 16.6 Å². The molecule has 0 amide bonds. The number of piperidine rings is 1. The number of aliphatic hydroxyl groups is 1. The zero-order chi connectivity index (χ0) is 19.4. The van der Waals surface area contributed by atoms with E-state index in [2.05, 4.69) is 47.0 Å². The van der Waals surface area contributed by atoms with Crippen molar-refractivity contribution in [1.29, 1.82) is 0 Å². The first-order valence-electron chi connectivity index (χ1n) is 10.2. The minimum Gasteiger partial charge on any atom is -0.390 e. The van der Waals surface area contributed by atoms with Crippen LogP contribution >= 0.6 is 11.6 Å². The van der Waals surface area contributed by atoms with Gasteiger partial charge in [0.2, 0.25) is 0 Å². The summed E-state index contributed by atoms with van der Waals surface area (Å²) in [6.45, 7) is 1.77. The maximum Gasteiger partial charge on any atom is 0.102 e. The third kappa shape index (κ3) is 4.75. The Morgan fingerprint density at radius 3 is 2.57 bits per heavy atom. The summed E-state index contributed by atoms with van der Waals surface area (Å²) < 4.78 is 0. The number of nitrogens with one attached hydrogen (secondary N) is 2. The number of aliphatic imine (C=N–C) groups is 1. The molecule has 0 saturated carbocycles. The molecule has 4 nitrogen and oxygen atoms in total. The Kier molecular flexibility index (Phi) is 6.00. The predicted octanol–water partition coefficient (Wildman–Crippen LogP) is 4.73. The number of halogens is 1. The third-order valence-corrected chi connectivity index (χ3v) is 6.16. The lowest BCUT2D eigenvalue weighted by Crippen LogP contribution is -2.42. The molecule has 2 aromatic carbocycles. The minimum absolute atomic E-state index is 0.0175. The van der Waals surface area contributed by atoms with E-state index >= 15 is 0 Å². The largest absolute Gasteiger partial charge is 0.390 e. The number of fused-ring (bicyclic) bond motifs is 1. The predicted molar refractivity (Wildman–Crippen MR) is 116 cm³/mol. The van der Waals surface area contributed by atoms with Crippen LogP contribution in [0.4, 0.5) is 5.69 Å². The highest BCUT2D eigenvalue weighted by Crippen LogP contribution is 2.32. The molecule has 0 aromatic heterocycles. The molecule has 1 saturated heterocycles. The highest BCUT2D eigenvalue weighted by atomic mass is 35.5. The van der Waals surface area contributed by atoms with Crippen molar-refractivity contribution in [1.82, 2.24) is 5.32 Å². The van der Waals surface area contributed by atoms with Crippen molar-refractivity contribution in [3.05, 3.63) is 64.7 Å².